The van der Waals surface area contributed by atoms with Crippen molar-refractivity contribution in [1.82, 2.24) is 9.55 Å². The summed E-state index contributed by atoms with van der Waals surface area (Å²) in [6.45, 7) is 0.00432. The topological polar surface area (TPSA) is 58.7 Å². The van der Waals surface area contributed by atoms with Gasteiger partial charge in [0.1, 0.15) is 17.0 Å². The van der Waals surface area contributed by atoms with Crippen LogP contribution in [0.3, 0.4) is 0 Å². The smallest absolute Gasteiger partial charge is 0.255 e. The Morgan fingerprint density at radius 2 is 2.28 bits per heavy atom. The fourth-order valence-electron chi connectivity index (χ4n) is 1.49. The molecule has 0 atom stereocenters. The van der Waals surface area contributed by atoms with E-state index in [0.717, 1.165) is 6.07 Å². The lowest BCUT2D eigenvalue weighted by Crippen LogP contribution is -2.20. The van der Waals surface area contributed by atoms with Gasteiger partial charge in [-0.25, -0.2) is 9.37 Å². The van der Waals surface area contributed by atoms with E-state index in [1.165, 1.54) is 23.0 Å². The monoisotopic (exact) mass is 263 g/mol. The summed E-state index contributed by atoms with van der Waals surface area (Å²) < 4.78 is 15.0. The molecule has 0 saturated heterocycles. The van der Waals surface area contributed by atoms with Crippen molar-refractivity contribution in [3.63, 3.8) is 0 Å². The van der Waals surface area contributed by atoms with Gasteiger partial charge in [0, 0.05) is 11.6 Å². The van der Waals surface area contributed by atoms with Crippen molar-refractivity contribution < 1.29 is 4.39 Å². The highest BCUT2D eigenvalue weighted by Crippen LogP contribution is 2.12. The van der Waals surface area contributed by atoms with Crippen LogP contribution in [0.2, 0.25) is 5.15 Å². The molecule has 90 valence electrons. The Balaban J connectivity index is 2.41. The molecule has 1 aromatic carbocycles. The molecule has 0 N–H and O–H groups in total. The minimum atomic E-state index is -0.623. The maximum Gasteiger partial charge on any atom is 0.255 e. The maximum absolute atomic E-state index is 13.8. The second-order valence-electron chi connectivity index (χ2n) is 3.57. The Bertz CT molecular complexity index is 690. The Kier molecular flexibility index (Phi) is 3.40. The fraction of sp³-hybridized carbons (Fsp3) is 0.0833. The minimum absolute atomic E-state index is 0.00432. The zero-order valence-corrected chi connectivity index (χ0v) is 9.86. The highest BCUT2D eigenvalue weighted by molar-refractivity contribution is 6.29. The first-order valence-electron chi connectivity index (χ1n) is 5.01. The molecule has 18 heavy (non-hydrogen) atoms. The molecule has 0 bridgehead atoms. The zero-order valence-electron chi connectivity index (χ0n) is 9.10. The van der Waals surface area contributed by atoms with E-state index in [4.69, 9.17) is 16.9 Å². The van der Waals surface area contributed by atoms with E-state index < -0.39 is 5.82 Å². The lowest BCUT2D eigenvalue weighted by atomic mass is 10.1. The average Bonchev–Trinajstić information content (AvgIpc) is 2.35. The van der Waals surface area contributed by atoms with Crippen LogP contribution in [0.1, 0.15) is 11.1 Å². The fourth-order valence-corrected chi connectivity index (χ4v) is 1.63. The third-order valence-corrected chi connectivity index (χ3v) is 2.59. The molecule has 0 spiro atoms. The summed E-state index contributed by atoms with van der Waals surface area (Å²) in [5.74, 6) is -0.623. The summed E-state index contributed by atoms with van der Waals surface area (Å²) in [6.07, 6.45) is 1.24. The highest BCUT2D eigenvalue weighted by atomic mass is 35.5. The van der Waals surface area contributed by atoms with Crippen LogP contribution in [-0.2, 0) is 6.54 Å². The molecule has 0 amide bonds. The number of hydrogen-bond acceptors (Lipinski definition) is 3. The van der Waals surface area contributed by atoms with Gasteiger partial charge in [0.05, 0.1) is 18.4 Å². The van der Waals surface area contributed by atoms with Crippen LogP contribution >= 0.6 is 11.6 Å². The molecule has 1 aromatic heterocycles. The van der Waals surface area contributed by atoms with E-state index in [0.29, 0.717) is 0 Å². The molecule has 1 heterocycles. The number of rotatable bonds is 2. The molecule has 4 nitrogen and oxygen atoms in total. The quantitative estimate of drug-likeness (QED) is 0.778. The van der Waals surface area contributed by atoms with Gasteiger partial charge in [0.25, 0.3) is 5.56 Å². The molecule has 0 aliphatic heterocycles. The predicted molar refractivity (Wildman–Crippen MR) is 63.7 cm³/mol. The van der Waals surface area contributed by atoms with Crippen molar-refractivity contribution in [2.75, 3.05) is 0 Å². The van der Waals surface area contributed by atoms with Crippen LogP contribution in [0.4, 0.5) is 4.39 Å². The number of halogens is 2. The first-order chi connectivity index (χ1) is 8.61. The predicted octanol–water partition coefficient (Wildman–Crippen LogP) is 1.96. The first kappa shape index (κ1) is 12.3. The Morgan fingerprint density at radius 3 is 2.94 bits per heavy atom. The molecule has 0 aliphatic carbocycles. The summed E-state index contributed by atoms with van der Waals surface area (Å²) in [6, 6.07) is 7.34. The Morgan fingerprint density at radius 1 is 1.50 bits per heavy atom. The van der Waals surface area contributed by atoms with E-state index in [1.807, 2.05) is 0 Å². The molecular formula is C12H7ClFN3O. The number of nitrogens with zero attached hydrogens (tertiary/aromatic N) is 3. The molecule has 0 radical (unpaired) electrons. The van der Waals surface area contributed by atoms with Crippen molar-refractivity contribution in [3.8, 4) is 6.07 Å². The summed E-state index contributed by atoms with van der Waals surface area (Å²) >= 11 is 5.56. The van der Waals surface area contributed by atoms with Gasteiger partial charge in [-0.05, 0) is 6.07 Å². The van der Waals surface area contributed by atoms with Crippen LogP contribution in [0, 0.1) is 17.1 Å². The molecular weight excluding hydrogens is 257 g/mol. The highest BCUT2D eigenvalue weighted by Gasteiger charge is 2.08. The van der Waals surface area contributed by atoms with E-state index >= 15 is 0 Å². The second-order valence-corrected chi connectivity index (χ2v) is 3.96. The first-order valence-corrected chi connectivity index (χ1v) is 5.39. The van der Waals surface area contributed by atoms with Crippen LogP contribution in [0.25, 0.3) is 0 Å². The van der Waals surface area contributed by atoms with Crippen LogP contribution < -0.4 is 5.56 Å². The van der Waals surface area contributed by atoms with Gasteiger partial charge in [0.15, 0.2) is 0 Å². The molecule has 0 fully saturated rings. The molecule has 0 aliphatic rings. The lowest BCUT2D eigenvalue weighted by Gasteiger charge is -2.06. The van der Waals surface area contributed by atoms with E-state index in [1.54, 1.807) is 12.1 Å². The third-order valence-electron chi connectivity index (χ3n) is 2.39. The second kappa shape index (κ2) is 4.98. The zero-order chi connectivity index (χ0) is 13.1. The number of nitriles is 1. The average molecular weight is 264 g/mol. The van der Waals surface area contributed by atoms with E-state index in [9.17, 15) is 9.18 Å². The summed E-state index contributed by atoms with van der Waals surface area (Å²) in [4.78, 5) is 15.3. The van der Waals surface area contributed by atoms with E-state index in [-0.39, 0.29) is 28.4 Å². The Hall–Kier alpha value is -2.19. The maximum atomic E-state index is 13.8. The summed E-state index contributed by atoms with van der Waals surface area (Å²) in [5.41, 5.74) is -0.181. The number of aromatic nitrogens is 2. The lowest BCUT2D eigenvalue weighted by molar-refractivity contribution is 0.591. The molecule has 2 rings (SSSR count). The van der Waals surface area contributed by atoms with Crippen LogP contribution in [0.5, 0.6) is 0 Å². The molecule has 6 heteroatoms. The number of hydrogen-bond donors (Lipinski definition) is 0. The standard InChI is InChI=1S/C12H7ClFN3O/c13-10-4-11(18)17(7-16-10)6-9-3-1-2-8(5-15)12(9)14/h1-4,7H,6H2. The van der Waals surface area contributed by atoms with Crippen LogP contribution in [-0.4, -0.2) is 9.55 Å². The Labute approximate surface area is 107 Å². The van der Waals surface area contributed by atoms with E-state index in [2.05, 4.69) is 4.98 Å². The normalized spacial score (nSPS) is 10.1. The van der Waals surface area contributed by atoms with Crippen molar-refractivity contribution >= 4 is 11.6 Å². The summed E-state index contributed by atoms with van der Waals surface area (Å²) in [7, 11) is 0. The van der Waals surface area contributed by atoms with Crippen molar-refractivity contribution in [2.24, 2.45) is 0 Å². The molecule has 2 aromatic rings. The van der Waals surface area contributed by atoms with Gasteiger partial charge in [-0.1, -0.05) is 23.7 Å². The van der Waals surface area contributed by atoms with Gasteiger partial charge in [-0.2, -0.15) is 5.26 Å². The van der Waals surface area contributed by atoms with Gasteiger partial charge < -0.3 is 0 Å². The van der Waals surface area contributed by atoms with Crippen molar-refractivity contribution in [2.45, 2.75) is 6.54 Å². The summed E-state index contributed by atoms with van der Waals surface area (Å²) in [5, 5.41) is 8.80. The van der Waals surface area contributed by atoms with Crippen molar-refractivity contribution in [3.05, 3.63) is 63.0 Å². The van der Waals surface area contributed by atoms with Crippen molar-refractivity contribution in [1.29, 1.82) is 5.26 Å². The third kappa shape index (κ3) is 2.39. The molecule has 0 unspecified atom stereocenters. The number of benzene rings is 1. The minimum Gasteiger partial charge on any atom is -0.295 e. The van der Waals surface area contributed by atoms with Gasteiger partial charge >= 0.3 is 0 Å². The van der Waals surface area contributed by atoms with Crippen LogP contribution in [0.15, 0.2) is 35.4 Å². The van der Waals surface area contributed by atoms with Gasteiger partial charge in [0.2, 0.25) is 0 Å². The molecule has 0 saturated carbocycles. The SMILES string of the molecule is N#Cc1cccc(Cn2cnc(Cl)cc2=O)c1F. The van der Waals surface area contributed by atoms with Gasteiger partial charge in [-0.15, -0.1) is 0 Å². The largest absolute Gasteiger partial charge is 0.295 e. The van der Waals surface area contributed by atoms with Gasteiger partial charge in [-0.3, -0.25) is 9.36 Å².